The summed E-state index contributed by atoms with van der Waals surface area (Å²) in [6, 6.07) is 0.952. The smallest absolute Gasteiger partial charge is 0.417 e. The lowest BCUT2D eigenvalue weighted by Gasteiger charge is -2.37. The van der Waals surface area contributed by atoms with Crippen molar-refractivity contribution in [1.29, 1.82) is 0 Å². The molecule has 2 fully saturated rings. The molecule has 0 radical (unpaired) electrons. The van der Waals surface area contributed by atoms with Crippen LogP contribution in [0.4, 0.5) is 13.2 Å². The fourth-order valence-electron chi connectivity index (χ4n) is 3.83. The number of amides is 1. The maximum atomic E-state index is 13.4. The minimum absolute atomic E-state index is 0.0156. The Hall–Kier alpha value is -2.88. The van der Waals surface area contributed by atoms with Crippen molar-refractivity contribution in [1.82, 2.24) is 19.3 Å². The molecule has 5 heterocycles. The van der Waals surface area contributed by atoms with Gasteiger partial charge in [0.25, 0.3) is 5.91 Å². The van der Waals surface area contributed by atoms with E-state index in [-0.39, 0.29) is 34.0 Å². The molecule has 5 rings (SSSR count). The number of carbonyl (C=O) groups is 1. The van der Waals surface area contributed by atoms with Gasteiger partial charge in [0.15, 0.2) is 12.2 Å². The molecule has 0 saturated carbocycles. The summed E-state index contributed by atoms with van der Waals surface area (Å²) in [6.07, 6.45) is 0.882. The lowest BCUT2D eigenvalue weighted by molar-refractivity contribution is -0.137. The fraction of sp³-hybridized carbons (Fsp3) is 0.389. The molecule has 3 aromatic heterocycles. The molecule has 0 unspecified atom stereocenters. The summed E-state index contributed by atoms with van der Waals surface area (Å²) < 4.78 is 52.0. The van der Waals surface area contributed by atoms with Gasteiger partial charge in [0.1, 0.15) is 11.3 Å². The van der Waals surface area contributed by atoms with E-state index in [1.165, 1.54) is 16.8 Å². The maximum Gasteiger partial charge on any atom is 0.417 e. The molecule has 0 aliphatic carbocycles. The monoisotopic (exact) mass is 392 g/mol. The molecule has 10 heteroatoms. The molecule has 3 aromatic rings. The Morgan fingerprint density at radius 2 is 2.07 bits per heavy atom. The number of aromatic nitrogens is 3. The van der Waals surface area contributed by atoms with Gasteiger partial charge in [-0.3, -0.25) is 9.20 Å². The minimum Gasteiger partial charge on any atom is -0.443 e. The van der Waals surface area contributed by atoms with Gasteiger partial charge in [0, 0.05) is 24.7 Å². The van der Waals surface area contributed by atoms with Crippen LogP contribution in [0.5, 0.6) is 0 Å². The molecule has 2 aliphatic heterocycles. The second kappa shape index (κ2) is 5.81. The van der Waals surface area contributed by atoms with Crippen molar-refractivity contribution in [2.45, 2.75) is 12.6 Å². The topological polar surface area (TPSA) is 72.9 Å². The van der Waals surface area contributed by atoms with Gasteiger partial charge in [-0.1, -0.05) is 0 Å². The first-order chi connectivity index (χ1) is 13.4. The number of ether oxygens (including phenoxy) is 1. The highest BCUT2D eigenvalue weighted by Crippen LogP contribution is 2.38. The third-order valence-corrected chi connectivity index (χ3v) is 5.39. The summed E-state index contributed by atoms with van der Waals surface area (Å²) in [4.78, 5) is 22.6. The lowest BCUT2D eigenvalue weighted by Crippen LogP contribution is -2.45. The van der Waals surface area contributed by atoms with Crippen LogP contribution in [0.15, 0.2) is 35.5 Å². The maximum absolute atomic E-state index is 13.4. The first-order valence-corrected chi connectivity index (χ1v) is 8.71. The average molecular weight is 392 g/mol. The van der Waals surface area contributed by atoms with Crippen molar-refractivity contribution >= 4 is 11.6 Å². The molecule has 2 saturated heterocycles. The number of rotatable bonds is 2. The summed E-state index contributed by atoms with van der Waals surface area (Å²) in [6.45, 7) is 2.30. The average Bonchev–Trinajstić information content (AvgIpc) is 3.37. The first-order valence-electron chi connectivity index (χ1n) is 8.71. The number of nitrogens with zero attached hydrogens (tertiary/aromatic N) is 4. The molecule has 2 aliphatic rings. The number of oxazole rings is 1. The van der Waals surface area contributed by atoms with E-state index in [9.17, 15) is 18.0 Å². The van der Waals surface area contributed by atoms with E-state index in [1.54, 1.807) is 4.90 Å². The molecule has 28 heavy (non-hydrogen) atoms. The quantitative estimate of drug-likeness (QED) is 0.671. The molecule has 146 valence electrons. The van der Waals surface area contributed by atoms with Crippen molar-refractivity contribution in [3.05, 3.63) is 42.3 Å². The van der Waals surface area contributed by atoms with Gasteiger partial charge in [-0.2, -0.15) is 13.2 Å². The van der Waals surface area contributed by atoms with E-state index < -0.39 is 11.7 Å². The molecule has 1 amide bonds. The number of carbonyl (C=O) groups excluding carboxylic acids is 1. The zero-order valence-corrected chi connectivity index (χ0v) is 14.6. The standard InChI is InChI=1S/C18H15F3N4O3/c19-18(20,21)11-3-12(14-5-22-10-28-14)15-23-4-13(25(15)6-11)16(26)24-2-1-17(7-24)8-27-9-17/h3-6,10H,1-2,7-9H2. The van der Waals surface area contributed by atoms with Crippen molar-refractivity contribution in [2.75, 3.05) is 26.3 Å². The normalized spacial score (nSPS) is 18.8. The molecular formula is C18H15F3N4O3. The van der Waals surface area contributed by atoms with Crippen LogP contribution in [0, 0.1) is 5.41 Å². The van der Waals surface area contributed by atoms with Crippen LogP contribution in [-0.2, 0) is 10.9 Å². The van der Waals surface area contributed by atoms with Crippen LogP contribution in [0.2, 0.25) is 0 Å². The zero-order valence-electron chi connectivity index (χ0n) is 14.6. The van der Waals surface area contributed by atoms with Gasteiger partial charge in [-0.25, -0.2) is 9.97 Å². The summed E-state index contributed by atoms with van der Waals surface area (Å²) >= 11 is 0. The van der Waals surface area contributed by atoms with Gasteiger partial charge < -0.3 is 14.1 Å². The van der Waals surface area contributed by atoms with Gasteiger partial charge in [0.2, 0.25) is 0 Å². The highest BCUT2D eigenvalue weighted by Gasteiger charge is 2.46. The lowest BCUT2D eigenvalue weighted by atomic mass is 9.85. The van der Waals surface area contributed by atoms with E-state index in [4.69, 9.17) is 9.15 Å². The predicted octanol–water partition coefficient (Wildman–Crippen LogP) is 2.87. The van der Waals surface area contributed by atoms with E-state index in [1.807, 2.05) is 0 Å². The number of hydrogen-bond acceptors (Lipinski definition) is 5. The van der Waals surface area contributed by atoms with E-state index in [0.717, 1.165) is 25.1 Å². The summed E-state index contributed by atoms with van der Waals surface area (Å²) in [7, 11) is 0. The molecule has 0 aromatic carbocycles. The Morgan fingerprint density at radius 3 is 2.68 bits per heavy atom. The number of hydrogen-bond donors (Lipinski definition) is 0. The van der Waals surface area contributed by atoms with Crippen LogP contribution in [0.1, 0.15) is 22.5 Å². The van der Waals surface area contributed by atoms with Crippen LogP contribution < -0.4 is 0 Å². The Kier molecular flexibility index (Phi) is 3.57. The van der Waals surface area contributed by atoms with Crippen LogP contribution in [0.25, 0.3) is 17.0 Å². The Balaban J connectivity index is 1.60. The summed E-state index contributed by atoms with van der Waals surface area (Å²) in [5, 5.41) is 0. The van der Waals surface area contributed by atoms with Crippen LogP contribution >= 0.6 is 0 Å². The van der Waals surface area contributed by atoms with Gasteiger partial charge in [-0.05, 0) is 12.5 Å². The van der Waals surface area contributed by atoms with Crippen molar-refractivity contribution in [3.63, 3.8) is 0 Å². The van der Waals surface area contributed by atoms with Crippen LogP contribution in [0.3, 0.4) is 0 Å². The number of likely N-dealkylation sites (tertiary alicyclic amines) is 1. The predicted molar refractivity (Wildman–Crippen MR) is 89.5 cm³/mol. The van der Waals surface area contributed by atoms with Crippen molar-refractivity contribution in [3.8, 4) is 11.3 Å². The number of pyridine rings is 1. The van der Waals surface area contributed by atoms with E-state index in [2.05, 4.69) is 9.97 Å². The highest BCUT2D eigenvalue weighted by molar-refractivity contribution is 5.94. The molecular weight excluding hydrogens is 377 g/mol. The number of halogens is 3. The molecule has 0 N–H and O–H groups in total. The first kappa shape index (κ1) is 17.2. The SMILES string of the molecule is O=C(c1cnc2c(-c3cnco3)cc(C(F)(F)F)cn12)N1CCC2(COC2)C1. The highest BCUT2D eigenvalue weighted by atomic mass is 19.4. The van der Waals surface area contributed by atoms with Gasteiger partial charge in [-0.15, -0.1) is 0 Å². The van der Waals surface area contributed by atoms with Gasteiger partial charge >= 0.3 is 6.18 Å². The minimum atomic E-state index is -4.59. The largest absolute Gasteiger partial charge is 0.443 e. The third-order valence-electron chi connectivity index (χ3n) is 5.39. The number of imidazole rings is 1. The third kappa shape index (κ3) is 2.59. The second-order valence-electron chi connectivity index (χ2n) is 7.31. The molecule has 1 spiro atoms. The molecule has 0 atom stereocenters. The van der Waals surface area contributed by atoms with E-state index >= 15 is 0 Å². The number of fused-ring (bicyclic) bond motifs is 1. The fourth-order valence-corrected chi connectivity index (χ4v) is 3.83. The van der Waals surface area contributed by atoms with Crippen molar-refractivity contribution in [2.24, 2.45) is 5.41 Å². The van der Waals surface area contributed by atoms with Gasteiger partial charge in [0.05, 0.1) is 36.7 Å². The summed E-state index contributed by atoms with van der Waals surface area (Å²) in [5.41, 5.74) is -0.508. The second-order valence-corrected chi connectivity index (χ2v) is 7.31. The Morgan fingerprint density at radius 1 is 1.25 bits per heavy atom. The van der Waals surface area contributed by atoms with E-state index in [0.29, 0.717) is 26.3 Å². The van der Waals surface area contributed by atoms with Crippen molar-refractivity contribution < 1.29 is 27.1 Å². The number of alkyl halides is 3. The summed E-state index contributed by atoms with van der Waals surface area (Å²) in [5.74, 6) is -0.202. The Bertz CT molecular complexity index is 1050. The Labute approximate surface area is 156 Å². The molecule has 0 bridgehead atoms. The van der Waals surface area contributed by atoms with Crippen LogP contribution in [-0.4, -0.2) is 51.5 Å². The molecule has 7 nitrogen and oxygen atoms in total. The zero-order chi connectivity index (χ0) is 19.5.